The van der Waals surface area contributed by atoms with Crippen molar-refractivity contribution in [2.45, 2.75) is 38.0 Å². The number of ketones is 1. The van der Waals surface area contributed by atoms with Gasteiger partial charge in [-0.05, 0) is 42.4 Å². The van der Waals surface area contributed by atoms with E-state index < -0.39 is 35.8 Å². The number of carbonyl (C=O) groups excluding carboxylic acids is 4. The topological polar surface area (TPSA) is 126 Å². The Hall–Kier alpha value is -3.27. The SMILES string of the molecule is O=C(NC(C(=O)NC1CCCCNC(=O)C1=O)c1ccsn1)OCc1ccccc1. The van der Waals surface area contributed by atoms with Gasteiger partial charge in [0.15, 0.2) is 6.04 Å². The lowest BCUT2D eigenvalue weighted by Crippen LogP contribution is -2.51. The van der Waals surface area contributed by atoms with E-state index in [1.165, 1.54) is 0 Å². The maximum absolute atomic E-state index is 12.9. The van der Waals surface area contributed by atoms with E-state index in [-0.39, 0.29) is 6.61 Å². The Kier molecular flexibility index (Phi) is 7.50. The number of rotatable bonds is 6. The predicted octanol–water partition coefficient (Wildman–Crippen LogP) is 1.46. The average Bonchev–Trinajstić information content (AvgIpc) is 3.28. The number of carbonyl (C=O) groups is 4. The van der Waals surface area contributed by atoms with Gasteiger partial charge in [0.25, 0.3) is 5.91 Å². The smallest absolute Gasteiger partial charge is 0.408 e. The van der Waals surface area contributed by atoms with Crippen molar-refractivity contribution in [2.24, 2.45) is 0 Å². The van der Waals surface area contributed by atoms with E-state index in [0.29, 0.717) is 31.5 Å². The first-order chi connectivity index (χ1) is 14.5. The van der Waals surface area contributed by atoms with Crippen LogP contribution < -0.4 is 16.0 Å². The van der Waals surface area contributed by atoms with Crippen molar-refractivity contribution >= 4 is 35.2 Å². The molecule has 2 aromatic rings. The number of hydrogen-bond donors (Lipinski definition) is 3. The Balaban J connectivity index is 1.65. The van der Waals surface area contributed by atoms with Gasteiger partial charge in [0.2, 0.25) is 11.7 Å². The molecule has 2 heterocycles. The lowest BCUT2D eigenvalue weighted by atomic mass is 10.0. The summed E-state index contributed by atoms with van der Waals surface area (Å²) in [7, 11) is 0. The number of nitrogens with zero attached hydrogens (tertiary/aromatic N) is 1. The average molecular weight is 430 g/mol. The monoisotopic (exact) mass is 430 g/mol. The van der Waals surface area contributed by atoms with Crippen LogP contribution in [0.2, 0.25) is 0 Å². The molecule has 3 amide bonds. The Bertz CT molecular complexity index is 888. The number of Topliss-reactive ketones (excluding diaryl/α,β-unsaturated/α-hetero) is 1. The van der Waals surface area contributed by atoms with Gasteiger partial charge in [-0.15, -0.1) is 0 Å². The molecule has 1 saturated heterocycles. The molecule has 0 spiro atoms. The zero-order chi connectivity index (χ0) is 21.3. The molecule has 10 heteroatoms. The van der Waals surface area contributed by atoms with Crippen LogP contribution in [0.3, 0.4) is 0 Å². The van der Waals surface area contributed by atoms with E-state index in [9.17, 15) is 19.2 Å². The van der Waals surface area contributed by atoms with E-state index in [1.54, 1.807) is 11.4 Å². The van der Waals surface area contributed by atoms with Gasteiger partial charge < -0.3 is 20.7 Å². The van der Waals surface area contributed by atoms with Gasteiger partial charge in [-0.1, -0.05) is 30.3 Å². The van der Waals surface area contributed by atoms with Crippen LogP contribution in [-0.4, -0.2) is 40.7 Å². The van der Waals surface area contributed by atoms with Crippen LogP contribution in [-0.2, 0) is 25.7 Å². The van der Waals surface area contributed by atoms with Gasteiger partial charge in [0.05, 0.1) is 11.7 Å². The van der Waals surface area contributed by atoms with Crippen LogP contribution in [0.4, 0.5) is 4.79 Å². The van der Waals surface area contributed by atoms with Gasteiger partial charge in [-0.25, -0.2) is 4.79 Å². The summed E-state index contributed by atoms with van der Waals surface area (Å²) in [6.07, 6.45) is 0.935. The molecular weight excluding hydrogens is 408 g/mol. The van der Waals surface area contributed by atoms with Gasteiger partial charge >= 0.3 is 6.09 Å². The molecule has 2 atom stereocenters. The summed E-state index contributed by atoms with van der Waals surface area (Å²) in [6, 6.07) is 8.60. The first-order valence-corrected chi connectivity index (χ1v) is 10.4. The third-order valence-corrected chi connectivity index (χ3v) is 5.13. The maximum atomic E-state index is 12.9. The maximum Gasteiger partial charge on any atom is 0.408 e. The highest BCUT2D eigenvalue weighted by Gasteiger charge is 2.32. The predicted molar refractivity (Wildman–Crippen MR) is 108 cm³/mol. The van der Waals surface area contributed by atoms with Crippen molar-refractivity contribution in [1.82, 2.24) is 20.3 Å². The molecule has 1 aliphatic rings. The van der Waals surface area contributed by atoms with E-state index in [1.807, 2.05) is 30.3 Å². The van der Waals surface area contributed by atoms with Crippen LogP contribution in [0.15, 0.2) is 41.8 Å². The molecule has 2 unspecified atom stereocenters. The van der Waals surface area contributed by atoms with Gasteiger partial charge in [-0.2, -0.15) is 4.37 Å². The van der Waals surface area contributed by atoms with Crippen LogP contribution >= 0.6 is 11.5 Å². The fraction of sp³-hybridized carbons (Fsp3) is 0.350. The highest BCUT2D eigenvalue weighted by molar-refractivity contribution is 7.03. The summed E-state index contributed by atoms with van der Waals surface area (Å²) in [6.45, 7) is 0.473. The zero-order valence-electron chi connectivity index (χ0n) is 16.1. The summed E-state index contributed by atoms with van der Waals surface area (Å²) in [5, 5.41) is 9.26. The third-order valence-electron chi connectivity index (χ3n) is 4.55. The minimum atomic E-state index is -1.15. The molecule has 3 rings (SSSR count). The highest BCUT2D eigenvalue weighted by Crippen LogP contribution is 2.15. The number of benzene rings is 1. The van der Waals surface area contributed by atoms with Gasteiger partial charge in [0.1, 0.15) is 6.61 Å². The Morgan fingerprint density at radius 2 is 2.00 bits per heavy atom. The van der Waals surface area contributed by atoms with Gasteiger partial charge in [-0.3, -0.25) is 14.4 Å². The second kappa shape index (κ2) is 10.5. The second-order valence-corrected chi connectivity index (χ2v) is 7.41. The number of hydrogen-bond acceptors (Lipinski definition) is 7. The first kappa shape index (κ1) is 21.4. The van der Waals surface area contributed by atoms with E-state index in [0.717, 1.165) is 17.1 Å². The number of aromatic nitrogens is 1. The summed E-state index contributed by atoms with van der Waals surface area (Å²) in [4.78, 5) is 49.3. The molecule has 9 nitrogen and oxygen atoms in total. The van der Waals surface area contributed by atoms with Crippen molar-refractivity contribution in [2.75, 3.05) is 6.54 Å². The molecule has 30 heavy (non-hydrogen) atoms. The molecular formula is C20H22N4O5S. The molecule has 0 radical (unpaired) electrons. The first-order valence-electron chi connectivity index (χ1n) is 9.54. The number of ether oxygens (including phenoxy) is 1. The highest BCUT2D eigenvalue weighted by atomic mass is 32.1. The standard InChI is InChI=1S/C20H22N4O5S/c25-17-15(8-4-5-10-21-19(17)27)22-18(26)16(14-9-11-30-24-14)23-20(28)29-12-13-6-2-1-3-7-13/h1-3,6-7,9,11,15-16H,4-5,8,10,12H2,(H,21,27)(H,22,26)(H,23,28). The molecule has 0 bridgehead atoms. The molecule has 1 aliphatic heterocycles. The van der Waals surface area contributed by atoms with Crippen LogP contribution in [0.1, 0.15) is 36.6 Å². The summed E-state index contributed by atoms with van der Waals surface area (Å²) in [5.41, 5.74) is 1.12. The molecule has 158 valence electrons. The lowest BCUT2D eigenvalue weighted by molar-refractivity contribution is -0.140. The Morgan fingerprint density at radius 3 is 2.73 bits per heavy atom. The minimum absolute atomic E-state index is 0.0410. The summed E-state index contributed by atoms with van der Waals surface area (Å²) in [5.74, 6) is -2.06. The third kappa shape index (κ3) is 5.86. The van der Waals surface area contributed by atoms with Gasteiger partial charge in [0, 0.05) is 11.9 Å². The minimum Gasteiger partial charge on any atom is -0.445 e. The van der Waals surface area contributed by atoms with Crippen molar-refractivity contribution in [3.8, 4) is 0 Å². The van der Waals surface area contributed by atoms with Crippen molar-refractivity contribution in [3.05, 3.63) is 53.0 Å². The zero-order valence-corrected chi connectivity index (χ0v) is 16.9. The fourth-order valence-corrected chi connectivity index (χ4v) is 3.52. The molecule has 0 aliphatic carbocycles. The van der Waals surface area contributed by atoms with Crippen molar-refractivity contribution in [3.63, 3.8) is 0 Å². The fourth-order valence-electron chi connectivity index (χ4n) is 2.97. The van der Waals surface area contributed by atoms with E-state index in [4.69, 9.17) is 4.74 Å². The van der Waals surface area contributed by atoms with Crippen LogP contribution in [0, 0.1) is 0 Å². The molecule has 1 aromatic heterocycles. The summed E-state index contributed by atoms with van der Waals surface area (Å²) >= 11 is 1.12. The quantitative estimate of drug-likeness (QED) is 0.596. The summed E-state index contributed by atoms with van der Waals surface area (Å²) < 4.78 is 9.30. The molecule has 0 saturated carbocycles. The molecule has 1 fully saturated rings. The normalized spacial score (nSPS) is 17.8. The molecule has 3 N–H and O–H groups in total. The lowest BCUT2D eigenvalue weighted by Gasteiger charge is -2.23. The van der Waals surface area contributed by atoms with E-state index in [2.05, 4.69) is 20.3 Å². The number of alkyl carbamates (subject to hydrolysis) is 1. The van der Waals surface area contributed by atoms with Crippen molar-refractivity contribution in [1.29, 1.82) is 0 Å². The molecule has 1 aromatic carbocycles. The van der Waals surface area contributed by atoms with Crippen LogP contribution in [0.25, 0.3) is 0 Å². The number of amides is 3. The van der Waals surface area contributed by atoms with E-state index >= 15 is 0 Å². The van der Waals surface area contributed by atoms with Crippen LogP contribution in [0.5, 0.6) is 0 Å². The Labute approximate surface area is 177 Å². The number of nitrogens with one attached hydrogen (secondary N) is 3. The Morgan fingerprint density at radius 1 is 1.20 bits per heavy atom. The second-order valence-electron chi connectivity index (χ2n) is 6.74. The largest absolute Gasteiger partial charge is 0.445 e. The van der Waals surface area contributed by atoms with Crippen molar-refractivity contribution < 1.29 is 23.9 Å².